The van der Waals surface area contributed by atoms with E-state index in [2.05, 4.69) is 9.78 Å². The molecule has 0 aliphatic carbocycles. The topological polar surface area (TPSA) is 70.5 Å². The summed E-state index contributed by atoms with van der Waals surface area (Å²) in [5.41, 5.74) is 10.4. The Labute approximate surface area is 48.7 Å². The molecule has 4 heteroatoms. The number of rotatable bonds is 4. The average molecular weight is 120 g/mol. The minimum absolute atomic E-state index is 0.384. The highest BCUT2D eigenvalue weighted by Crippen LogP contribution is 1.86. The van der Waals surface area contributed by atoms with Crippen LogP contribution in [0.15, 0.2) is 0 Å². The largest absolute Gasteiger partial charge is 0.330 e. The summed E-state index contributed by atoms with van der Waals surface area (Å²) in [5, 5.41) is 0. The molecular formula is C4H12N2O2. The van der Waals surface area contributed by atoms with Gasteiger partial charge in [-0.1, -0.05) is 0 Å². The summed E-state index contributed by atoms with van der Waals surface area (Å²) >= 11 is 0. The quantitative estimate of drug-likeness (QED) is 0.289. The van der Waals surface area contributed by atoms with Crippen molar-refractivity contribution >= 4 is 0 Å². The SMILES string of the molecule is COOC(N)CCN. The molecule has 0 aromatic carbocycles. The third-order valence-electron chi connectivity index (χ3n) is 0.671. The number of nitrogens with two attached hydrogens (primary N) is 2. The molecule has 4 N–H and O–H groups in total. The standard InChI is InChI=1S/C4H12N2O2/c1-7-8-4(6)2-3-5/h4H,2-3,5-6H2,1H3. The molecule has 0 bridgehead atoms. The van der Waals surface area contributed by atoms with Gasteiger partial charge in [0.1, 0.15) is 6.23 Å². The summed E-state index contributed by atoms with van der Waals surface area (Å²) in [7, 11) is 1.41. The Bertz CT molecular complexity index is 45.3. The van der Waals surface area contributed by atoms with E-state index in [0.29, 0.717) is 13.0 Å². The molecule has 0 rings (SSSR count). The Kier molecular flexibility index (Phi) is 4.89. The van der Waals surface area contributed by atoms with Gasteiger partial charge in [-0.15, -0.1) is 0 Å². The van der Waals surface area contributed by atoms with Gasteiger partial charge >= 0.3 is 0 Å². The monoisotopic (exact) mass is 120 g/mol. The zero-order chi connectivity index (χ0) is 6.41. The zero-order valence-electron chi connectivity index (χ0n) is 4.96. The molecule has 1 atom stereocenters. The minimum atomic E-state index is -0.384. The van der Waals surface area contributed by atoms with Crippen LogP contribution in [0.3, 0.4) is 0 Å². The fraction of sp³-hybridized carbons (Fsp3) is 1.00. The van der Waals surface area contributed by atoms with Crippen molar-refractivity contribution in [2.45, 2.75) is 12.6 Å². The minimum Gasteiger partial charge on any atom is -0.330 e. The van der Waals surface area contributed by atoms with E-state index in [9.17, 15) is 0 Å². The number of hydrogen-bond donors (Lipinski definition) is 2. The molecule has 50 valence electrons. The van der Waals surface area contributed by atoms with E-state index in [1.807, 2.05) is 0 Å². The van der Waals surface area contributed by atoms with Crippen molar-refractivity contribution in [2.75, 3.05) is 13.7 Å². The van der Waals surface area contributed by atoms with Crippen molar-refractivity contribution in [2.24, 2.45) is 11.5 Å². The molecule has 0 saturated heterocycles. The van der Waals surface area contributed by atoms with Crippen LogP contribution in [0.1, 0.15) is 6.42 Å². The molecule has 0 radical (unpaired) electrons. The zero-order valence-corrected chi connectivity index (χ0v) is 4.96. The molecule has 0 heterocycles. The average Bonchev–Trinajstić information content (AvgIpc) is 1.68. The first-order valence-electron chi connectivity index (χ1n) is 2.46. The normalized spacial score (nSPS) is 13.9. The highest BCUT2D eigenvalue weighted by atomic mass is 17.2. The van der Waals surface area contributed by atoms with Gasteiger partial charge in [0.2, 0.25) is 0 Å². The van der Waals surface area contributed by atoms with Gasteiger partial charge in [-0.25, -0.2) is 9.78 Å². The van der Waals surface area contributed by atoms with E-state index in [-0.39, 0.29) is 6.23 Å². The predicted molar refractivity (Wildman–Crippen MR) is 29.7 cm³/mol. The van der Waals surface area contributed by atoms with Crippen molar-refractivity contribution in [3.05, 3.63) is 0 Å². The van der Waals surface area contributed by atoms with E-state index in [4.69, 9.17) is 11.5 Å². The second-order valence-electron chi connectivity index (χ2n) is 1.38. The molecule has 0 aromatic rings. The lowest BCUT2D eigenvalue weighted by atomic mass is 10.4. The van der Waals surface area contributed by atoms with E-state index in [0.717, 1.165) is 0 Å². The molecule has 0 aliphatic rings. The maximum absolute atomic E-state index is 5.27. The summed E-state index contributed by atoms with van der Waals surface area (Å²) in [4.78, 5) is 8.76. The molecule has 0 spiro atoms. The van der Waals surface area contributed by atoms with Crippen molar-refractivity contribution in [3.63, 3.8) is 0 Å². The van der Waals surface area contributed by atoms with Gasteiger partial charge in [-0.3, -0.25) is 0 Å². The van der Waals surface area contributed by atoms with Crippen molar-refractivity contribution in [3.8, 4) is 0 Å². The lowest BCUT2D eigenvalue weighted by molar-refractivity contribution is -0.303. The van der Waals surface area contributed by atoms with E-state index < -0.39 is 0 Å². The molecule has 8 heavy (non-hydrogen) atoms. The molecule has 0 saturated carbocycles. The van der Waals surface area contributed by atoms with Crippen LogP contribution in [-0.2, 0) is 9.78 Å². The van der Waals surface area contributed by atoms with Crippen LogP contribution < -0.4 is 11.5 Å². The maximum atomic E-state index is 5.27. The second kappa shape index (κ2) is 4.99. The van der Waals surface area contributed by atoms with Gasteiger partial charge < -0.3 is 11.5 Å². The molecule has 0 aliphatic heterocycles. The van der Waals surface area contributed by atoms with Crippen LogP contribution in [0, 0.1) is 0 Å². The Morgan fingerprint density at radius 1 is 1.62 bits per heavy atom. The Hall–Kier alpha value is -0.160. The van der Waals surface area contributed by atoms with Gasteiger partial charge in [0.25, 0.3) is 0 Å². The second-order valence-corrected chi connectivity index (χ2v) is 1.38. The number of hydrogen-bond acceptors (Lipinski definition) is 4. The third-order valence-corrected chi connectivity index (χ3v) is 0.671. The van der Waals surface area contributed by atoms with Crippen LogP contribution >= 0.6 is 0 Å². The fourth-order valence-electron chi connectivity index (χ4n) is 0.336. The van der Waals surface area contributed by atoms with Crippen LogP contribution in [0.5, 0.6) is 0 Å². The van der Waals surface area contributed by atoms with Crippen molar-refractivity contribution in [1.82, 2.24) is 0 Å². The fourth-order valence-corrected chi connectivity index (χ4v) is 0.336. The summed E-state index contributed by atoms with van der Waals surface area (Å²) in [5.74, 6) is 0. The summed E-state index contributed by atoms with van der Waals surface area (Å²) in [6, 6.07) is 0. The van der Waals surface area contributed by atoms with E-state index in [1.165, 1.54) is 7.11 Å². The Morgan fingerprint density at radius 3 is 2.62 bits per heavy atom. The van der Waals surface area contributed by atoms with E-state index >= 15 is 0 Å². The predicted octanol–water partition coefficient (Wildman–Crippen LogP) is -0.802. The lowest BCUT2D eigenvalue weighted by Crippen LogP contribution is -2.26. The summed E-state index contributed by atoms with van der Waals surface area (Å²) < 4.78 is 0. The Balaban J connectivity index is 2.92. The Morgan fingerprint density at radius 2 is 2.25 bits per heavy atom. The van der Waals surface area contributed by atoms with Crippen molar-refractivity contribution < 1.29 is 9.78 Å². The first kappa shape index (κ1) is 7.84. The molecule has 0 fully saturated rings. The van der Waals surface area contributed by atoms with Crippen LogP contribution in [0.25, 0.3) is 0 Å². The lowest BCUT2D eigenvalue weighted by Gasteiger charge is -2.06. The van der Waals surface area contributed by atoms with Crippen LogP contribution in [0.4, 0.5) is 0 Å². The molecule has 0 amide bonds. The maximum Gasteiger partial charge on any atom is 0.142 e. The van der Waals surface area contributed by atoms with Gasteiger partial charge in [0.05, 0.1) is 7.11 Å². The van der Waals surface area contributed by atoms with Gasteiger partial charge in [0.15, 0.2) is 0 Å². The third kappa shape index (κ3) is 4.01. The van der Waals surface area contributed by atoms with Gasteiger partial charge in [-0.05, 0) is 6.54 Å². The molecular weight excluding hydrogens is 108 g/mol. The highest BCUT2D eigenvalue weighted by molar-refractivity contribution is 4.43. The van der Waals surface area contributed by atoms with Crippen LogP contribution in [0.2, 0.25) is 0 Å². The van der Waals surface area contributed by atoms with Gasteiger partial charge in [-0.2, -0.15) is 0 Å². The van der Waals surface area contributed by atoms with Crippen molar-refractivity contribution in [1.29, 1.82) is 0 Å². The molecule has 1 unspecified atom stereocenters. The van der Waals surface area contributed by atoms with Crippen LogP contribution in [-0.4, -0.2) is 19.9 Å². The van der Waals surface area contributed by atoms with Gasteiger partial charge in [0, 0.05) is 6.42 Å². The first-order chi connectivity index (χ1) is 3.81. The summed E-state index contributed by atoms with van der Waals surface area (Å²) in [6.07, 6.45) is 0.235. The van der Waals surface area contributed by atoms with E-state index in [1.54, 1.807) is 0 Å². The smallest absolute Gasteiger partial charge is 0.142 e. The first-order valence-corrected chi connectivity index (χ1v) is 2.46. The molecule has 0 aromatic heterocycles. The highest BCUT2D eigenvalue weighted by Gasteiger charge is 1.97. The molecule has 4 nitrogen and oxygen atoms in total. The summed E-state index contributed by atoms with van der Waals surface area (Å²) in [6.45, 7) is 0.518.